The van der Waals surface area contributed by atoms with E-state index < -0.39 is 6.04 Å². The number of thiophene rings is 1. The molecule has 4 nitrogen and oxygen atoms in total. The molecule has 0 fully saturated rings. The van der Waals surface area contributed by atoms with Crippen LogP contribution in [0, 0.1) is 5.92 Å². The second-order valence-electron chi connectivity index (χ2n) is 6.08. The number of halogens is 2. The summed E-state index contributed by atoms with van der Waals surface area (Å²) in [5.41, 5.74) is 0.368. The molecule has 0 aliphatic carbocycles. The lowest BCUT2D eigenvalue weighted by molar-refractivity contribution is -0.133. The number of rotatable bonds is 6. The summed E-state index contributed by atoms with van der Waals surface area (Å²) in [4.78, 5) is 28.0. The minimum atomic E-state index is -0.614. The minimum absolute atomic E-state index is 0.0449. The SMILES string of the molecule is CC(C)[C@H](NC(=O)c1ccccc1Cl)C(=O)N(C)Cc1ccc(Br)s1. The Morgan fingerprint density at radius 1 is 1.24 bits per heavy atom. The number of carbonyl (C=O) groups is 2. The largest absolute Gasteiger partial charge is 0.340 e. The summed E-state index contributed by atoms with van der Waals surface area (Å²) in [6, 6.07) is 10.1. The maximum absolute atomic E-state index is 12.8. The predicted octanol–water partition coefficient (Wildman–Crippen LogP) is 4.58. The van der Waals surface area contributed by atoms with E-state index in [1.165, 1.54) is 0 Å². The van der Waals surface area contributed by atoms with Gasteiger partial charge in [0.05, 0.1) is 20.9 Å². The third kappa shape index (κ3) is 5.30. The second-order valence-corrected chi connectivity index (χ2v) is 9.03. The third-order valence-electron chi connectivity index (χ3n) is 3.74. The maximum Gasteiger partial charge on any atom is 0.253 e. The van der Waals surface area contributed by atoms with E-state index in [1.54, 1.807) is 47.5 Å². The molecule has 1 heterocycles. The van der Waals surface area contributed by atoms with Gasteiger partial charge in [0.15, 0.2) is 0 Å². The van der Waals surface area contributed by atoms with E-state index >= 15 is 0 Å². The predicted molar refractivity (Wildman–Crippen MR) is 106 cm³/mol. The number of likely N-dealkylation sites (N-methyl/N-ethyl adjacent to an activating group) is 1. The van der Waals surface area contributed by atoms with E-state index in [-0.39, 0.29) is 17.7 Å². The van der Waals surface area contributed by atoms with Crippen LogP contribution in [0.5, 0.6) is 0 Å². The molecule has 1 aromatic heterocycles. The van der Waals surface area contributed by atoms with Gasteiger partial charge < -0.3 is 10.2 Å². The topological polar surface area (TPSA) is 49.4 Å². The molecule has 0 saturated heterocycles. The number of hydrogen-bond acceptors (Lipinski definition) is 3. The number of carbonyl (C=O) groups excluding carboxylic acids is 2. The summed E-state index contributed by atoms with van der Waals surface area (Å²) in [5, 5.41) is 3.19. The van der Waals surface area contributed by atoms with Crippen molar-refractivity contribution in [3.63, 3.8) is 0 Å². The molecule has 1 atom stereocenters. The molecule has 7 heteroatoms. The van der Waals surface area contributed by atoms with Crippen molar-refractivity contribution in [1.82, 2.24) is 10.2 Å². The van der Waals surface area contributed by atoms with E-state index in [9.17, 15) is 9.59 Å². The third-order valence-corrected chi connectivity index (χ3v) is 5.67. The van der Waals surface area contributed by atoms with Gasteiger partial charge in [-0.25, -0.2) is 0 Å². The van der Waals surface area contributed by atoms with Gasteiger partial charge in [-0.3, -0.25) is 9.59 Å². The quantitative estimate of drug-likeness (QED) is 0.710. The summed E-state index contributed by atoms with van der Waals surface area (Å²) in [6.45, 7) is 4.32. The summed E-state index contributed by atoms with van der Waals surface area (Å²) in [7, 11) is 1.74. The Labute approximate surface area is 165 Å². The van der Waals surface area contributed by atoms with Gasteiger partial charge in [0.1, 0.15) is 6.04 Å². The molecule has 1 aromatic carbocycles. The Morgan fingerprint density at radius 3 is 2.48 bits per heavy atom. The highest BCUT2D eigenvalue weighted by Gasteiger charge is 2.28. The summed E-state index contributed by atoms with van der Waals surface area (Å²) >= 11 is 11.1. The van der Waals surface area contributed by atoms with E-state index in [0.29, 0.717) is 17.1 Å². The van der Waals surface area contributed by atoms with Crippen molar-refractivity contribution in [2.24, 2.45) is 5.92 Å². The zero-order valence-corrected chi connectivity index (χ0v) is 17.4. The van der Waals surface area contributed by atoms with Gasteiger partial charge in [0, 0.05) is 11.9 Å². The van der Waals surface area contributed by atoms with Crippen molar-refractivity contribution >= 4 is 50.7 Å². The van der Waals surface area contributed by atoms with Crippen molar-refractivity contribution < 1.29 is 9.59 Å². The normalized spacial score (nSPS) is 12.1. The Kier molecular flexibility index (Phi) is 7.04. The van der Waals surface area contributed by atoms with Crippen LogP contribution in [0.25, 0.3) is 0 Å². The first-order valence-corrected chi connectivity index (χ1v) is 9.83. The summed E-state index contributed by atoms with van der Waals surface area (Å²) in [6.07, 6.45) is 0. The van der Waals surface area contributed by atoms with Crippen molar-refractivity contribution in [3.05, 3.63) is 55.6 Å². The van der Waals surface area contributed by atoms with Crippen LogP contribution < -0.4 is 5.32 Å². The van der Waals surface area contributed by atoms with E-state index in [4.69, 9.17) is 11.6 Å². The zero-order valence-electron chi connectivity index (χ0n) is 14.3. The number of benzene rings is 1. The molecule has 25 heavy (non-hydrogen) atoms. The van der Waals surface area contributed by atoms with Crippen molar-refractivity contribution in [2.45, 2.75) is 26.4 Å². The number of nitrogens with zero attached hydrogens (tertiary/aromatic N) is 1. The molecule has 0 aliphatic heterocycles. The molecule has 2 amide bonds. The molecule has 2 rings (SSSR count). The highest BCUT2D eigenvalue weighted by atomic mass is 79.9. The standard InChI is InChI=1S/C18H20BrClN2O2S/c1-11(2)16(21-17(23)13-6-4-5-7-14(13)20)18(24)22(3)10-12-8-9-15(19)25-12/h4-9,11,16H,10H2,1-3H3,(H,21,23)/t16-/m0/s1. The van der Waals surface area contributed by atoms with Gasteiger partial charge in [-0.2, -0.15) is 0 Å². The van der Waals surface area contributed by atoms with Gasteiger partial charge in [0.25, 0.3) is 5.91 Å². The van der Waals surface area contributed by atoms with Crippen molar-refractivity contribution in [3.8, 4) is 0 Å². The summed E-state index contributed by atoms with van der Waals surface area (Å²) < 4.78 is 1.02. The van der Waals surface area contributed by atoms with Crippen LogP contribution in [0.1, 0.15) is 29.1 Å². The van der Waals surface area contributed by atoms with Crippen LogP contribution in [-0.2, 0) is 11.3 Å². The fourth-order valence-electron chi connectivity index (χ4n) is 2.36. The molecular formula is C18H20BrClN2O2S. The molecule has 2 aromatic rings. The fourth-order valence-corrected chi connectivity index (χ4v) is 4.12. The highest BCUT2D eigenvalue weighted by Crippen LogP contribution is 2.23. The van der Waals surface area contributed by atoms with Crippen LogP contribution >= 0.6 is 38.9 Å². The number of amides is 2. The average molecular weight is 444 g/mol. The van der Waals surface area contributed by atoms with Crippen LogP contribution in [0.4, 0.5) is 0 Å². The average Bonchev–Trinajstić information content (AvgIpc) is 2.96. The molecule has 0 spiro atoms. The number of hydrogen-bond donors (Lipinski definition) is 1. The van der Waals surface area contributed by atoms with E-state index in [2.05, 4.69) is 21.2 Å². The molecular weight excluding hydrogens is 424 g/mol. The van der Waals surface area contributed by atoms with Gasteiger partial charge in [-0.1, -0.05) is 37.6 Å². The Balaban J connectivity index is 2.10. The van der Waals surface area contributed by atoms with Gasteiger partial charge in [-0.15, -0.1) is 11.3 Å². The molecule has 0 unspecified atom stereocenters. The minimum Gasteiger partial charge on any atom is -0.340 e. The van der Waals surface area contributed by atoms with Gasteiger partial charge >= 0.3 is 0 Å². The Hall–Kier alpha value is -1.37. The summed E-state index contributed by atoms with van der Waals surface area (Å²) in [5.74, 6) is -0.513. The maximum atomic E-state index is 12.8. The molecule has 0 bridgehead atoms. The van der Waals surface area contributed by atoms with Gasteiger partial charge in [0.2, 0.25) is 5.91 Å². The van der Waals surface area contributed by atoms with Crippen LogP contribution in [0.3, 0.4) is 0 Å². The van der Waals surface area contributed by atoms with Crippen molar-refractivity contribution in [2.75, 3.05) is 7.05 Å². The monoisotopic (exact) mass is 442 g/mol. The zero-order chi connectivity index (χ0) is 18.6. The first kappa shape index (κ1) is 19.9. The molecule has 134 valence electrons. The van der Waals surface area contributed by atoms with Crippen LogP contribution in [0.15, 0.2) is 40.2 Å². The second kappa shape index (κ2) is 8.83. The highest BCUT2D eigenvalue weighted by molar-refractivity contribution is 9.11. The first-order valence-electron chi connectivity index (χ1n) is 7.84. The Bertz CT molecular complexity index is 763. The lowest BCUT2D eigenvalue weighted by Gasteiger charge is -2.27. The number of nitrogens with one attached hydrogen (secondary N) is 1. The van der Waals surface area contributed by atoms with Crippen LogP contribution in [0.2, 0.25) is 5.02 Å². The van der Waals surface area contributed by atoms with E-state index in [1.807, 2.05) is 26.0 Å². The molecule has 0 radical (unpaired) electrons. The smallest absolute Gasteiger partial charge is 0.253 e. The molecule has 0 aliphatic rings. The van der Waals surface area contributed by atoms with Crippen LogP contribution in [-0.4, -0.2) is 29.8 Å². The molecule has 1 N–H and O–H groups in total. The molecule has 0 saturated carbocycles. The first-order chi connectivity index (χ1) is 11.8. The Morgan fingerprint density at radius 2 is 1.92 bits per heavy atom. The van der Waals surface area contributed by atoms with E-state index in [0.717, 1.165) is 8.66 Å². The lowest BCUT2D eigenvalue weighted by atomic mass is 10.0. The van der Waals surface area contributed by atoms with Crippen molar-refractivity contribution in [1.29, 1.82) is 0 Å². The fraction of sp³-hybridized carbons (Fsp3) is 0.333. The van der Waals surface area contributed by atoms with Gasteiger partial charge in [-0.05, 0) is 46.1 Å². The lowest BCUT2D eigenvalue weighted by Crippen LogP contribution is -2.50.